The van der Waals surface area contributed by atoms with Gasteiger partial charge in [-0.15, -0.1) is 11.3 Å². The van der Waals surface area contributed by atoms with Gasteiger partial charge in [-0.1, -0.05) is 6.07 Å². The quantitative estimate of drug-likeness (QED) is 0.316. The molecule has 7 nitrogen and oxygen atoms in total. The number of phenols is 1. The summed E-state index contributed by atoms with van der Waals surface area (Å²) >= 11 is 1.67. The van der Waals surface area contributed by atoms with Gasteiger partial charge in [-0.2, -0.15) is 0 Å². The number of benzene rings is 1. The van der Waals surface area contributed by atoms with Gasteiger partial charge in [0.25, 0.3) is 5.91 Å². The number of hydrogen-bond acceptors (Lipinski definition) is 5. The zero-order valence-corrected chi connectivity index (χ0v) is 16.8. The molecule has 4 N–H and O–H groups in total. The molecule has 27 heavy (non-hydrogen) atoms. The monoisotopic (exact) mass is 389 g/mol. The van der Waals surface area contributed by atoms with Crippen LogP contribution in [0.15, 0.2) is 29.3 Å². The van der Waals surface area contributed by atoms with Crippen LogP contribution in [0.5, 0.6) is 5.75 Å². The van der Waals surface area contributed by atoms with Gasteiger partial charge in [0.2, 0.25) is 0 Å². The molecule has 8 heteroatoms. The van der Waals surface area contributed by atoms with Crippen molar-refractivity contribution in [2.75, 3.05) is 19.6 Å². The van der Waals surface area contributed by atoms with E-state index in [1.165, 1.54) is 17.0 Å². The number of nitrogens with one attached hydrogen (secondary N) is 3. The fourth-order valence-corrected chi connectivity index (χ4v) is 3.32. The molecule has 0 fully saturated rings. The summed E-state index contributed by atoms with van der Waals surface area (Å²) in [5, 5.41) is 19.8. The van der Waals surface area contributed by atoms with E-state index in [-0.39, 0.29) is 11.7 Å². The summed E-state index contributed by atoms with van der Waals surface area (Å²) in [6, 6.07) is 6.31. The molecule has 0 atom stereocenters. The number of aromatic nitrogens is 1. The second-order valence-electron chi connectivity index (χ2n) is 6.02. The van der Waals surface area contributed by atoms with Gasteiger partial charge in [0.15, 0.2) is 5.96 Å². The van der Waals surface area contributed by atoms with Crippen LogP contribution in [-0.2, 0) is 6.54 Å². The van der Waals surface area contributed by atoms with Gasteiger partial charge in [0.05, 0.1) is 17.2 Å². The van der Waals surface area contributed by atoms with Gasteiger partial charge in [-0.05, 0) is 45.4 Å². The number of rotatable bonds is 8. The van der Waals surface area contributed by atoms with Crippen molar-refractivity contribution in [2.45, 2.75) is 33.7 Å². The van der Waals surface area contributed by atoms with Crippen molar-refractivity contribution in [1.82, 2.24) is 20.9 Å². The largest absolute Gasteiger partial charge is 0.508 e. The Kier molecular flexibility index (Phi) is 8.06. The standard InChI is InChI=1S/C19H27N5O2S/c1-4-20-19(23-12-17-13(2)24-14(3)27-17)22-10-6-9-21-18(26)15-7-5-8-16(25)11-15/h5,7-8,11,25H,4,6,9-10,12H2,1-3H3,(H,21,26)(H2,20,22,23). The maximum Gasteiger partial charge on any atom is 0.251 e. The zero-order chi connectivity index (χ0) is 19.6. The summed E-state index contributed by atoms with van der Waals surface area (Å²) in [4.78, 5) is 22.2. The Bertz CT molecular complexity index is 788. The van der Waals surface area contributed by atoms with Crippen molar-refractivity contribution in [3.63, 3.8) is 0 Å². The van der Waals surface area contributed by atoms with Gasteiger partial charge in [0.1, 0.15) is 5.75 Å². The van der Waals surface area contributed by atoms with Crippen LogP contribution in [-0.4, -0.2) is 41.6 Å². The van der Waals surface area contributed by atoms with Crippen molar-refractivity contribution < 1.29 is 9.90 Å². The molecule has 0 unspecified atom stereocenters. The van der Waals surface area contributed by atoms with Crippen LogP contribution in [0, 0.1) is 13.8 Å². The lowest BCUT2D eigenvalue weighted by Gasteiger charge is -2.11. The van der Waals surface area contributed by atoms with Crippen molar-refractivity contribution in [2.24, 2.45) is 4.99 Å². The number of hydrogen-bond donors (Lipinski definition) is 4. The third-order valence-electron chi connectivity index (χ3n) is 3.76. The third kappa shape index (κ3) is 6.90. The number of aliphatic imine (C=N–C) groups is 1. The fourth-order valence-electron chi connectivity index (χ4n) is 2.46. The minimum absolute atomic E-state index is 0.0854. The first-order valence-corrected chi connectivity index (χ1v) is 9.83. The molecular formula is C19H27N5O2S. The lowest BCUT2D eigenvalue weighted by Crippen LogP contribution is -2.38. The third-order valence-corrected chi connectivity index (χ3v) is 4.82. The van der Waals surface area contributed by atoms with Crippen molar-refractivity contribution in [1.29, 1.82) is 0 Å². The van der Waals surface area contributed by atoms with E-state index in [1.807, 2.05) is 20.8 Å². The molecule has 0 aliphatic rings. The first-order chi connectivity index (χ1) is 13.0. The smallest absolute Gasteiger partial charge is 0.251 e. The van der Waals surface area contributed by atoms with Crippen LogP contribution >= 0.6 is 11.3 Å². The van der Waals surface area contributed by atoms with E-state index in [0.717, 1.165) is 29.6 Å². The van der Waals surface area contributed by atoms with Crippen LogP contribution < -0.4 is 16.0 Å². The number of guanidine groups is 1. The number of nitrogens with zero attached hydrogens (tertiary/aromatic N) is 2. The minimum atomic E-state index is -0.192. The van der Waals surface area contributed by atoms with Gasteiger partial charge in [-0.25, -0.2) is 9.98 Å². The highest BCUT2D eigenvalue weighted by molar-refractivity contribution is 7.11. The topological polar surface area (TPSA) is 98.6 Å². The molecule has 0 aliphatic carbocycles. The fraction of sp³-hybridized carbons (Fsp3) is 0.421. The average molecular weight is 390 g/mol. The van der Waals surface area contributed by atoms with Crippen LogP contribution in [0.4, 0.5) is 0 Å². The number of thiazole rings is 1. The Morgan fingerprint density at radius 1 is 1.22 bits per heavy atom. The highest BCUT2D eigenvalue weighted by Gasteiger charge is 2.06. The van der Waals surface area contributed by atoms with Crippen molar-refractivity contribution in [3.05, 3.63) is 45.4 Å². The average Bonchev–Trinajstić information content (AvgIpc) is 2.96. The molecule has 1 amide bonds. The first-order valence-electron chi connectivity index (χ1n) is 9.02. The van der Waals surface area contributed by atoms with Gasteiger partial charge in [-0.3, -0.25) is 4.79 Å². The molecule has 1 heterocycles. The van der Waals surface area contributed by atoms with E-state index in [0.29, 0.717) is 25.2 Å². The SMILES string of the molecule is CCNC(=NCc1sc(C)nc1C)NCCCNC(=O)c1cccc(O)c1. The van der Waals surface area contributed by atoms with Crippen molar-refractivity contribution in [3.8, 4) is 5.75 Å². The van der Waals surface area contributed by atoms with E-state index < -0.39 is 0 Å². The molecular weight excluding hydrogens is 362 g/mol. The summed E-state index contributed by atoms with van der Waals surface area (Å²) < 4.78 is 0. The second kappa shape index (κ2) is 10.5. The van der Waals surface area contributed by atoms with E-state index in [2.05, 4.69) is 25.9 Å². The maximum atomic E-state index is 12.0. The maximum absolute atomic E-state index is 12.0. The molecule has 1 aromatic heterocycles. The molecule has 0 spiro atoms. The second-order valence-corrected chi connectivity index (χ2v) is 7.31. The highest BCUT2D eigenvalue weighted by atomic mass is 32.1. The van der Waals surface area contributed by atoms with Gasteiger partial charge < -0.3 is 21.1 Å². The van der Waals surface area contributed by atoms with E-state index >= 15 is 0 Å². The van der Waals surface area contributed by atoms with Gasteiger partial charge >= 0.3 is 0 Å². The molecule has 0 aliphatic heterocycles. The number of carbonyl (C=O) groups excluding carboxylic acids is 1. The Morgan fingerprint density at radius 3 is 2.67 bits per heavy atom. The van der Waals surface area contributed by atoms with Crippen LogP contribution in [0.1, 0.15) is 39.3 Å². The zero-order valence-electron chi connectivity index (χ0n) is 16.0. The van der Waals surface area contributed by atoms with E-state index in [9.17, 15) is 9.90 Å². The molecule has 0 saturated carbocycles. The van der Waals surface area contributed by atoms with Crippen LogP contribution in [0.2, 0.25) is 0 Å². The Hall–Kier alpha value is -2.61. The molecule has 2 aromatic rings. The summed E-state index contributed by atoms with van der Waals surface area (Å²) in [5.41, 5.74) is 1.49. The van der Waals surface area contributed by atoms with Crippen LogP contribution in [0.25, 0.3) is 0 Å². The van der Waals surface area contributed by atoms with Crippen molar-refractivity contribution >= 4 is 23.2 Å². The molecule has 0 saturated heterocycles. The number of phenolic OH excluding ortho intramolecular Hbond substituents is 1. The minimum Gasteiger partial charge on any atom is -0.508 e. The summed E-state index contributed by atoms with van der Waals surface area (Å²) in [6.07, 6.45) is 0.758. The molecule has 1 aromatic carbocycles. The summed E-state index contributed by atoms with van der Waals surface area (Å²) in [7, 11) is 0. The number of amides is 1. The highest BCUT2D eigenvalue weighted by Crippen LogP contribution is 2.17. The lowest BCUT2D eigenvalue weighted by molar-refractivity contribution is 0.0953. The Labute approximate surface area is 163 Å². The Balaban J connectivity index is 1.74. The molecule has 2 rings (SSSR count). The normalized spacial score (nSPS) is 11.3. The predicted octanol–water partition coefficient (Wildman–Crippen LogP) is 2.34. The molecule has 146 valence electrons. The number of carbonyl (C=O) groups is 1. The summed E-state index contributed by atoms with van der Waals surface area (Å²) in [5.74, 6) is 0.645. The first kappa shape index (κ1) is 20.7. The molecule has 0 bridgehead atoms. The van der Waals surface area contributed by atoms with E-state index in [1.54, 1.807) is 23.5 Å². The predicted molar refractivity (Wildman–Crippen MR) is 109 cm³/mol. The van der Waals surface area contributed by atoms with Crippen LogP contribution in [0.3, 0.4) is 0 Å². The Morgan fingerprint density at radius 2 is 2.00 bits per heavy atom. The lowest BCUT2D eigenvalue weighted by atomic mass is 10.2. The summed E-state index contributed by atoms with van der Waals surface area (Å²) in [6.45, 7) is 8.63. The van der Waals surface area contributed by atoms with E-state index in [4.69, 9.17) is 0 Å². The number of aryl methyl sites for hydroxylation is 2. The number of aromatic hydroxyl groups is 1. The molecule has 0 radical (unpaired) electrons. The van der Waals surface area contributed by atoms with Gasteiger partial charge in [0, 0.05) is 30.1 Å².